The van der Waals surface area contributed by atoms with E-state index in [1.165, 1.54) is 13.1 Å². The van der Waals surface area contributed by atoms with Gasteiger partial charge in [-0.1, -0.05) is 6.58 Å². The molecule has 2 N–H and O–H groups in total. The van der Waals surface area contributed by atoms with Crippen molar-refractivity contribution in [3.8, 4) is 0 Å². The van der Waals surface area contributed by atoms with Gasteiger partial charge in [-0.2, -0.15) is 0 Å². The Labute approximate surface area is 53.1 Å². The van der Waals surface area contributed by atoms with Crippen molar-refractivity contribution in [2.75, 3.05) is 0 Å². The van der Waals surface area contributed by atoms with Gasteiger partial charge in [0.1, 0.15) is 0 Å². The van der Waals surface area contributed by atoms with Gasteiger partial charge in [-0.3, -0.25) is 5.32 Å². The summed E-state index contributed by atoms with van der Waals surface area (Å²) in [5.74, 6) is 0. The van der Waals surface area contributed by atoms with E-state index in [2.05, 4.69) is 16.6 Å². The zero-order chi connectivity index (χ0) is 7.28. The van der Waals surface area contributed by atoms with Crippen LogP contribution in [0.2, 0.25) is 0 Å². The van der Waals surface area contributed by atoms with Crippen LogP contribution < -0.4 is 5.32 Å². The molecule has 9 heavy (non-hydrogen) atoms. The molecule has 0 aromatic rings. The topological polar surface area (TPSA) is 58.6 Å². The van der Waals surface area contributed by atoms with E-state index in [4.69, 9.17) is 5.11 Å². The van der Waals surface area contributed by atoms with Crippen LogP contribution in [0.15, 0.2) is 12.8 Å². The van der Waals surface area contributed by atoms with Crippen LogP contribution >= 0.6 is 0 Å². The summed E-state index contributed by atoms with van der Waals surface area (Å²) >= 11 is 0. The quantitative estimate of drug-likeness (QED) is 0.526. The van der Waals surface area contributed by atoms with Gasteiger partial charge in [-0.15, -0.1) is 0 Å². The molecule has 4 heteroatoms. The number of carbonyl (C=O) groups is 1. The fourth-order valence-electron chi connectivity index (χ4n) is 0.272. The van der Waals surface area contributed by atoms with Gasteiger partial charge >= 0.3 is 6.09 Å². The van der Waals surface area contributed by atoms with Crippen LogP contribution in [0.3, 0.4) is 0 Å². The minimum absolute atomic E-state index is 0.708. The van der Waals surface area contributed by atoms with Crippen LogP contribution in [-0.2, 0) is 4.74 Å². The SMILES string of the molecule is C=CNC(=O)OC(C)O. The van der Waals surface area contributed by atoms with Crippen LogP contribution in [0.25, 0.3) is 0 Å². The summed E-state index contributed by atoms with van der Waals surface area (Å²) in [5, 5.41) is 10.6. The maximum atomic E-state index is 10.3. The molecule has 0 aliphatic carbocycles. The number of aliphatic hydroxyl groups is 1. The standard InChI is InChI=1S/C5H9NO3/c1-3-6-5(8)9-4(2)7/h3-4,7H,1H2,2H3,(H,6,8). The van der Waals surface area contributed by atoms with Crippen molar-refractivity contribution in [1.29, 1.82) is 0 Å². The molecule has 0 saturated heterocycles. The van der Waals surface area contributed by atoms with Crippen LogP contribution in [0.4, 0.5) is 4.79 Å². The van der Waals surface area contributed by atoms with E-state index in [0.717, 1.165) is 0 Å². The van der Waals surface area contributed by atoms with Gasteiger partial charge in [0, 0.05) is 0 Å². The van der Waals surface area contributed by atoms with E-state index in [-0.39, 0.29) is 0 Å². The van der Waals surface area contributed by atoms with Crippen molar-refractivity contribution < 1.29 is 14.6 Å². The van der Waals surface area contributed by atoms with Crippen LogP contribution in [0, 0.1) is 0 Å². The normalized spacial score (nSPS) is 11.8. The summed E-state index contributed by atoms with van der Waals surface area (Å²) in [5.41, 5.74) is 0. The van der Waals surface area contributed by atoms with Gasteiger partial charge in [0.25, 0.3) is 0 Å². The number of alkyl carbamates (subject to hydrolysis) is 1. The first-order valence-electron chi connectivity index (χ1n) is 2.43. The second kappa shape index (κ2) is 3.91. The molecule has 4 nitrogen and oxygen atoms in total. The minimum atomic E-state index is -1.08. The van der Waals surface area contributed by atoms with E-state index in [1.54, 1.807) is 0 Å². The highest BCUT2D eigenvalue weighted by Gasteiger charge is 2.00. The number of nitrogens with one attached hydrogen (secondary N) is 1. The molecule has 0 aliphatic heterocycles. The lowest BCUT2D eigenvalue weighted by Gasteiger charge is -2.04. The van der Waals surface area contributed by atoms with E-state index < -0.39 is 12.4 Å². The Bertz CT molecular complexity index is 111. The van der Waals surface area contributed by atoms with Gasteiger partial charge < -0.3 is 9.84 Å². The molecule has 0 spiro atoms. The number of hydrogen-bond acceptors (Lipinski definition) is 3. The predicted molar refractivity (Wildman–Crippen MR) is 31.5 cm³/mol. The molecule has 1 amide bonds. The van der Waals surface area contributed by atoms with Crippen LogP contribution in [0.5, 0.6) is 0 Å². The number of carbonyl (C=O) groups excluding carboxylic acids is 1. The lowest BCUT2D eigenvalue weighted by Crippen LogP contribution is -2.22. The van der Waals surface area contributed by atoms with Crippen molar-refractivity contribution in [3.05, 3.63) is 12.8 Å². The Hall–Kier alpha value is -1.03. The Morgan fingerprint density at radius 2 is 2.56 bits per heavy atom. The first kappa shape index (κ1) is 7.97. The Balaban J connectivity index is 3.38. The number of aliphatic hydroxyl groups excluding tert-OH is 1. The van der Waals surface area contributed by atoms with Gasteiger partial charge in [0.15, 0.2) is 6.29 Å². The molecule has 0 heterocycles. The number of ether oxygens (including phenoxy) is 1. The van der Waals surface area contributed by atoms with Crippen molar-refractivity contribution in [3.63, 3.8) is 0 Å². The van der Waals surface area contributed by atoms with Gasteiger partial charge in [-0.25, -0.2) is 4.79 Å². The third-order valence-corrected chi connectivity index (χ3v) is 0.498. The molecule has 1 unspecified atom stereocenters. The van der Waals surface area contributed by atoms with Crippen molar-refractivity contribution in [2.45, 2.75) is 13.2 Å². The summed E-state index contributed by atoms with van der Waals surface area (Å²) in [6.45, 7) is 4.55. The molecule has 0 aromatic heterocycles. The molecule has 0 saturated carbocycles. The molecule has 0 aromatic carbocycles. The summed E-state index contributed by atoms with van der Waals surface area (Å²) in [7, 11) is 0. The van der Waals surface area contributed by atoms with E-state index in [1.807, 2.05) is 0 Å². The number of rotatable bonds is 2. The monoisotopic (exact) mass is 131 g/mol. The average molecular weight is 131 g/mol. The first-order chi connectivity index (χ1) is 4.16. The molecule has 0 aliphatic rings. The molecular formula is C5H9NO3. The van der Waals surface area contributed by atoms with Crippen molar-refractivity contribution in [1.82, 2.24) is 5.32 Å². The second-order valence-corrected chi connectivity index (χ2v) is 1.35. The molecule has 0 rings (SSSR count). The fourth-order valence-corrected chi connectivity index (χ4v) is 0.272. The minimum Gasteiger partial charge on any atom is -0.420 e. The first-order valence-corrected chi connectivity index (χ1v) is 2.43. The lowest BCUT2D eigenvalue weighted by atomic mass is 10.8. The Morgan fingerprint density at radius 1 is 2.00 bits per heavy atom. The smallest absolute Gasteiger partial charge is 0.413 e. The van der Waals surface area contributed by atoms with Crippen LogP contribution in [0.1, 0.15) is 6.92 Å². The highest BCUT2D eigenvalue weighted by atomic mass is 16.6. The van der Waals surface area contributed by atoms with E-state index in [0.29, 0.717) is 0 Å². The second-order valence-electron chi connectivity index (χ2n) is 1.35. The third-order valence-electron chi connectivity index (χ3n) is 0.498. The third kappa shape index (κ3) is 4.83. The molecule has 0 bridgehead atoms. The van der Waals surface area contributed by atoms with Gasteiger partial charge in [0.05, 0.1) is 0 Å². The Kier molecular flexibility index (Phi) is 3.46. The van der Waals surface area contributed by atoms with E-state index >= 15 is 0 Å². The highest BCUT2D eigenvalue weighted by Crippen LogP contribution is 1.83. The van der Waals surface area contributed by atoms with Gasteiger partial charge in [-0.05, 0) is 13.1 Å². The lowest BCUT2D eigenvalue weighted by molar-refractivity contribution is -0.0358. The summed E-state index contributed by atoms with van der Waals surface area (Å²) in [6.07, 6.45) is -0.616. The molecule has 0 radical (unpaired) electrons. The largest absolute Gasteiger partial charge is 0.420 e. The molecule has 1 atom stereocenters. The van der Waals surface area contributed by atoms with Crippen molar-refractivity contribution >= 4 is 6.09 Å². The van der Waals surface area contributed by atoms with Gasteiger partial charge in [0.2, 0.25) is 0 Å². The predicted octanol–water partition coefficient (Wildman–Crippen LogP) is 0.194. The fraction of sp³-hybridized carbons (Fsp3) is 0.400. The summed E-state index contributed by atoms with van der Waals surface area (Å²) in [6, 6.07) is 0. The maximum absolute atomic E-state index is 10.3. The van der Waals surface area contributed by atoms with E-state index in [9.17, 15) is 4.79 Å². The number of amides is 1. The zero-order valence-electron chi connectivity index (χ0n) is 5.13. The molecule has 52 valence electrons. The summed E-state index contributed by atoms with van der Waals surface area (Å²) < 4.78 is 4.22. The zero-order valence-corrected chi connectivity index (χ0v) is 5.13. The summed E-state index contributed by atoms with van der Waals surface area (Å²) in [4.78, 5) is 10.3. The maximum Gasteiger partial charge on any atom is 0.413 e. The molecule has 0 fully saturated rings. The highest BCUT2D eigenvalue weighted by molar-refractivity contribution is 5.68. The molecular weight excluding hydrogens is 122 g/mol. The average Bonchev–Trinajstić information content (AvgIpc) is 1.63. The number of hydrogen-bond donors (Lipinski definition) is 2. The Morgan fingerprint density at radius 3 is 2.89 bits per heavy atom. The van der Waals surface area contributed by atoms with Crippen molar-refractivity contribution in [2.24, 2.45) is 0 Å². The van der Waals surface area contributed by atoms with Crippen LogP contribution in [-0.4, -0.2) is 17.5 Å².